The van der Waals surface area contributed by atoms with Crippen LogP contribution < -0.4 is 10.2 Å². The van der Waals surface area contributed by atoms with Crippen LogP contribution in [0, 0.1) is 0 Å². The van der Waals surface area contributed by atoms with Crippen LogP contribution >= 0.6 is 0 Å². The molecule has 2 aromatic carbocycles. The Hall–Kier alpha value is -2.62. The van der Waals surface area contributed by atoms with Crippen LogP contribution in [0.4, 0.5) is 11.4 Å². The van der Waals surface area contributed by atoms with E-state index in [1.807, 2.05) is 49.4 Å². The van der Waals surface area contributed by atoms with Crippen molar-refractivity contribution in [1.82, 2.24) is 0 Å². The normalized spacial score (nSPS) is 13.6. The van der Waals surface area contributed by atoms with Gasteiger partial charge in [0, 0.05) is 5.56 Å². The van der Waals surface area contributed by atoms with Gasteiger partial charge < -0.3 is 5.32 Å². The molecular formula is C17H16N2O2. The highest BCUT2D eigenvalue weighted by Gasteiger charge is 2.28. The van der Waals surface area contributed by atoms with Gasteiger partial charge in [-0.1, -0.05) is 37.3 Å². The molecule has 0 bridgehead atoms. The summed E-state index contributed by atoms with van der Waals surface area (Å²) in [5.74, 6) is -0.300. The number of hydrogen-bond donors (Lipinski definition) is 1. The first-order valence-corrected chi connectivity index (χ1v) is 6.99. The van der Waals surface area contributed by atoms with Gasteiger partial charge in [0.2, 0.25) is 5.91 Å². The minimum atomic E-state index is -0.170. The maximum Gasteiger partial charge on any atom is 0.259 e. The Balaban J connectivity index is 2.04. The fourth-order valence-electron chi connectivity index (χ4n) is 2.60. The summed E-state index contributed by atoms with van der Waals surface area (Å²) < 4.78 is 0. The lowest BCUT2D eigenvalue weighted by Crippen LogP contribution is -2.42. The molecule has 0 spiro atoms. The number of para-hydroxylation sites is 2. The van der Waals surface area contributed by atoms with Crippen molar-refractivity contribution < 1.29 is 9.59 Å². The van der Waals surface area contributed by atoms with Gasteiger partial charge in [0.1, 0.15) is 6.54 Å². The molecule has 0 aliphatic carbocycles. The van der Waals surface area contributed by atoms with E-state index in [-0.39, 0.29) is 18.4 Å². The molecule has 1 aliphatic heterocycles. The van der Waals surface area contributed by atoms with Gasteiger partial charge in [0.25, 0.3) is 5.91 Å². The van der Waals surface area contributed by atoms with E-state index in [2.05, 4.69) is 5.32 Å². The van der Waals surface area contributed by atoms with E-state index >= 15 is 0 Å². The number of anilines is 2. The van der Waals surface area contributed by atoms with Crippen LogP contribution in [-0.4, -0.2) is 18.4 Å². The molecule has 1 aliphatic rings. The topological polar surface area (TPSA) is 49.4 Å². The quantitative estimate of drug-likeness (QED) is 0.919. The van der Waals surface area contributed by atoms with Crippen molar-refractivity contribution in [1.29, 1.82) is 0 Å². The highest BCUT2D eigenvalue weighted by atomic mass is 16.2. The maximum atomic E-state index is 12.8. The number of hydrogen-bond acceptors (Lipinski definition) is 2. The fourth-order valence-corrected chi connectivity index (χ4v) is 2.60. The van der Waals surface area contributed by atoms with E-state index in [9.17, 15) is 9.59 Å². The van der Waals surface area contributed by atoms with Gasteiger partial charge in [-0.3, -0.25) is 14.5 Å². The highest BCUT2D eigenvalue weighted by molar-refractivity contribution is 6.15. The average Bonchev–Trinajstić information content (AvgIpc) is 2.53. The summed E-state index contributed by atoms with van der Waals surface area (Å²) in [6.45, 7) is 2.07. The maximum absolute atomic E-state index is 12.8. The summed E-state index contributed by atoms with van der Waals surface area (Å²) in [6, 6.07) is 14.9. The summed E-state index contributed by atoms with van der Waals surface area (Å²) in [7, 11) is 0. The molecular weight excluding hydrogens is 264 g/mol. The predicted molar refractivity (Wildman–Crippen MR) is 82.6 cm³/mol. The molecule has 0 saturated carbocycles. The Morgan fingerprint density at radius 2 is 1.86 bits per heavy atom. The summed E-state index contributed by atoms with van der Waals surface area (Å²) >= 11 is 0. The van der Waals surface area contributed by atoms with Crippen LogP contribution in [0.5, 0.6) is 0 Å². The third kappa shape index (κ3) is 2.40. The minimum Gasteiger partial charge on any atom is -0.323 e. The molecule has 0 atom stereocenters. The number of amides is 2. The van der Waals surface area contributed by atoms with Crippen LogP contribution in [0.15, 0.2) is 48.5 Å². The van der Waals surface area contributed by atoms with Gasteiger partial charge >= 0.3 is 0 Å². The van der Waals surface area contributed by atoms with E-state index < -0.39 is 0 Å². The smallest absolute Gasteiger partial charge is 0.259 e. The van der Waals surface area contributed by atoms with E-state index in [1.54, 1.807) is 11.0 Å². The van der Waals surface area contributed by atoms with Crippen molar-refractivity contribution >= 4 is 23.2 Å². The zero-order chi connectivity index (χ0) is 14.8. The summed E-state index contributed by atoms with van der Waals surface area (Å²) in [5, 5.41) is 2.79. The molecule has 1 heterocycles. The van der Waals surface area contributed by atoms with Crippen molar-refractivity contribution in [3.63, 3.8) is 0 Å². The molecule has 1 N–H and O–H groups in total. The number of aryl methyl sites for hydroxylation is 1. The first kappa shape index (κ1) is 13.4. The average molecular weight is 280 g/mol. The van der Waals surface area contributed by atoms with Crippen LogP contribution in [-0.2, 0) is 11.2 Å². The molecule has 4 nitrogen and oxygen atoms in total. The zero-order valence-corrected chi connectivity index (χ0v) is 11.8. The summed E-state index contributed by atoms with van der Waals surface area (Å²) in [5.41, 5.74) is 3.07. The Labute approximate surface area is 123 Å². The molecule has 2 amide bonds. The second kappa shape index (κ2) is 5.40. The van der Waals surface area contributed by atoms with Gasteiger partial charge in [0.15, 0.2) is 0 Å². The van der Waals surface area contributed by atoms with Crippen LogP contribution in [0.25, 0.3) is 0 Å². The molecule has 106 valence electrons. The Bertz CT molecular complexity index is 709. The molecule has 0 aromatic heterocycles. The van der Waals surface area contributed by atoms with E-state index in [0.717, 1.165) is 17.7 Å². The first-order chi connectivity index (χ1) is 10.2. The molecule has 0 saturated heterocycles. The van der Waals surface area contributed by atoms with Gasteiger partial charge in [-0.25, -0.2) is 0 Å². The lowest BCUT2D eigenvalue weighted by atomic mass is 10.0. The second-order valence-electron chi connectivity index (χ2n) is 4.97. The highest BCUT2D eigenvalue weighted by Crippen LogP contribution is 2.30. The molecule has 0 unspecified atom stereocenters. The third-order valence-corrected chi connectivity index (χ3v) is 3.64. The lowest BCUT2D eigenvalue weighted by Gasteiger charge is -2.29. The molecule has 2 aromatic rings. The summed E-state index contributed by atoms with van der Waals surface area (Å²) in [6.07, 6.45) is 0.781. The second-order valence-corrected chi connectivity index (χ2v) is 4.97. The number of carbonyl (C=O) groups excluding carboxylic acids is 2. The SMILES string of the molecule is CCc1ccccc1C(=O)N1CC(=O)Nc2ccccc21. The van der Waals surface area contributed by atoms with Crippen LogP contribution in [0.3, 0.4) is 0 Å². The number of nitrogens with one attached hydrogen (secondary N) is 1. The van der Waals surface area contributed by atoms with Crippen LogP contribution in [0.1, 0.15) is 22.8 Å². The Morgan fingerprint density at radius 3 is 2.67 bits per heavy atom. The van der Waals surface area contributed by atoms with Crippen molar-refractivity contribution in [2.75, 3.05) is 16.8 Å². The standard InChI is InChI=1S/C17H16N2O2/c1-2-12-7-3-4-8-13(12)17(21)19-11-16(20)18-14-9-5-6-10-15(14)19/h3-10H,2,11H2,1H3,(H,18,20). The zero-order valence-electron chi connectivity index (χ0n) is 11.8. The predicted octanol–water partition coefficient (Wildman–Crippen LogP) is 2.85. The molecule has 21 heavy (non-hydrogen) atoms. The number of benzene rings is 2. The van der Waals surface area contributed by atoms with Crippen molar-refractivity contribution in [3.8, 4) is 0 Å². The molecule has 4 heteroatoms. The van der Waals surface area contributed by atoms with Crippen molar-refractivity contribution in [2.45, 2.75) is 13.3 Å². The first-order valence-electron chi connectivity index (χ1n) is 6.99. The van der Waals surface area contributed by atoms with Crippen molar-refractivity contribution in [2.24, 2.45) is 0 Å². The number of nitrogens with zero attached hydrogens (tertiary/aromatic N) is 1. The molecule has 0 fully saturated rings. The van der Waals surface area contributed by atoms with Gasteiger partial charge in [-0.2, -0.15) is 0 Å². The fraction of sp³-hybridized carbons (Fsp3) is 0.176. The van der Waals surface area contributed by atoms with E-state index in [0.29, 0.717) is 11.3 Å². The number of rotatable bonds is 2. The Morgan fingerprint density at radius 1 is 1.14 bits per heavy atom. The largest absolute Gasteiger partial charge is 0.323 e. The molecule has 0 radical (unpaired) electrons. The van der Waals surface area contributed by atoms with Gasteiger partial charge in [0.05, 0.1) is 11.4 Å². The number of fused-ring (bicyclic) bond motifs is 1. The number of carbonyl (C=O) groups is 2. The molecule has 3 rings (SSSR count). The van der Waals surface area contributed by atoms with E-state index in [1.165, 1.54) is 0 Å². The Kier molecular flexibility index (Phi) is 3.44. The van der Waals surface area contributed by atoms with Crippen molar-refractivity contribution in [3.05, 3.63) is 59.7 Å². The monoisotopic (exact) mass is 280 g/mol. The van der Waals surface area contributed by atoms with E-state index in [4.69, 9.17) is 0 Å². The third-order valence-electron chi connectivity index (χ3n) is 3.64. The van der Waals surface area contributed by atoms with Crippen LogP contribution in [0.2, 0.25) is 0 Å². The minimum absolute atomic E-state index is 0.0495. The van der Waals surface area contributed by atoms with Gasteiger partial charge in [-0.05, 0) is 30.2 Å². The summed E-state index contributed by atoms with van der Waals surface area (Å²) in [4.78, 5) is 26.2. The van der Waals surface area contributed by atoms with Gasteiger partial charge in [-0.15, -0.1) is 0 Å². The lowest BCUT2D eigenvalue weighted by molar-refractivity contribution is -0.115.